The third kappa shape index (κ3) is 5.41. The van der Waals surface area contributed by atoms with Crippen molar-refractivity contribution in [3.8, 4) is 11.9 Å². The minimum absolute atomic E-state index is 0.0296. The van der Waals surface area contributed by atoms with Crippen LogP contribution in [0.2, 0.25) is 0 Å². The SMILES string of the molecule is N#Cc1ccc(COc2cccc(C3CCN(Cc4nc5cc(C(=O)O)oc5n4C[C@@H]4CCO4)CC3)n2)c(F)c1. The Morgan fingerprint density at radius 2 is 2.00 bits per heavy atom. The first kappa shape index (κ1) is 26.0. The molecule has 0 radical (unpaired) electrons. The van der Waals surface area contributed by atoms with E-state index in [2.05, 4.69) is 9.88 Å². The van der Waals surface area contributed by atoms with E-state index >= 15 is 0 Å². The monoisotopic (exact) mass is 545 g/mol. The summed E-state index contributed by atoms with van der Waals surface area (Å²) in [5.41, 5.74) is 2.60. The molecule has 0 unspecified atom stereocenters. The molecule has 0 saturated carbocycles. The van der Waals surface area contributed by atoms with Gasteiger partial charge in [-0.25, -0.2) is 19.2 Å². The van der Waals surface area contributed by atoms with Gasteiger partial charge in [-0.15, -0.1) is 0 Å². The second-order valence-corrected chi connectivity index (χ2v) is 10.2. The number of carbonyl (C=O) groups is 1. The first-order chi connectivity index (χ1) is 19.5. The van der Waals surface area contributed by atoms with Crippen molar-refractivity contribution in [2.24, 2.45) is 0 Å². The number of likely N-dealkylation sites (tertiary alicyclic amines) is 1. The largest absolute Gasteiger partial charge is 0.475 e. The number of carboxylic acid groups (broad SMARTS) is 1. The molecule has 3 aromatic heterocycles. The number of ether oxygens (including phenoxy) is 2. The summed E-state index contributed by atoms with van der Waals surface area (Å²) in [6, 6.07) is 13.4. The average molecular weight is 546 g/mol. The van der Waals surface area contributed by atoms with Crippen molar-refractivity contribution in [3.63, 3.8) is 0 Å². The highest BCUT2D eigenvalue weighted by atomic mass is 19.1. The van der Waals surface area contributed by atoms with Gasteiger partial charge in [0.15, 0.2) is 0 Å². The lowest BCUT2D eigenvalue weighted by molar-refractivity contribution is -0.0595. The molecule has 40 heavy (non-hydrogen) atoms. The minimum Gasteiger partial charge on any atom is -0.475 e. The molecule has 0 spiro atoms. The van der Waals surface area contributed by atoms with Gasteiger partial charge in [0.2, 0.25) is 17.4 Å². The van der Waals surface area contributed by atoms with Crippen LogP contribution in [-0.4, -0.2) is 56.3 Å². The van der Waals surface area contributed by atoms with Crippen molar-refractivity contribution in [2.75, 3.05) is 19.7 Å². The third-order valence-corrected chi connectivity index (χ3v) is 7.56. The summed E-state index contributed by atoms with van der Waals surface area (Å²) in [6.45, 7) is 3.67. The van der Waals surface area contributed by atoms with Gasteiger partial charge in [0.25, 0.3) is 0 Å². The molecule has 2 fully saturated rings. The zero-order valence-electron chi connectivity index (χ0n) is 21.8. The summed E-state index contributed by atoms with van der Waals surface area (Å²) >= 11 is 0. The Bertz CT molecular complexity index is 1580. The second kappa shape index (κ2) is 11.1. The van der Waals surface area contributed by atoms with Crippen LogP contribution in [-0.2, 0) is 24.4 Å². The standard InChI is InChI=1S/C29H28FN5O5/c30-22-12-18(14-31)4-5-20(22)17-39-27-3-1-2-23(33-27)19-6-9-34(10-7-19)16-26-32-24-13-25(29(36)37)40-28(24)35(26)15-21-8-11-38-21/h1-5,12-13,19,21H,6-11,15-17H2,(H,36,37)/t21-/m0/s1. The van der Waals surface area contributed by atoms with Gasteiger partial charge in [-0.1, -0.05) is 12.1 Å². The fourth-order valence-corrected chi connectivity index (χ4v) is 5.22. The molecule has 2 aliphatic rings. The lowest BCUT2D eigenvalue weighted by Gasteiger charge is -2.32. The Kier molecular flexibility index (Phi) is 7.19. The molecule has 0 bridgehead atoms. The van der Waals surface area contributed by atoms with Gasteiger partial charge >= 0.3 is 5.97 Å². The van der Waals surface area contributed by atoms with Crippen molar-refractivity contribution in [3.05, 3.63) is 76.7 Å². The average Bonchev–Trinajstić information content (AvgIpc) is 3.49. The zero-order valence-corrected chi connectivity index (χ0v) is 21.8. The summed E-state index contributed by atoms with van der Waals surface area (Å²) in [6.07, 6.45) is 2.85. The number of nitriles is 1. The molecule has 2 aliphatic heterocycles. The van der Waals surface area contributed by atoms with Gasteiger partial charge in [0.05, 0.1) is 30.8 Å². The van der Waals surface area contributed by atoms with E-state index in [1.165, 1.54) is 12.1 Å². The van der Waals surface area contributed by atoms with Crippen LogP contribution in [0.25, 0.3) is 11.2 Å². The first-order valence-electron chi connectivity index (χ1n) is 13.3. The Labute approximate surface area is 229 Å². The van der Waals surface area contributed by atoms with E-state index in [0.717, 1.165) is 50.5 Å². The predicted molar refractivity (Wildman–Crippen MR) is 140 cm³/mol. The Balaban J connectivity index is 1.08. The number of imidazole rings is 1. The lowest BCUT2D eigenvalue weighted by Crippen LogP contribution is -2.35. The van der Waals surface area contributed by atoms with Crippen molar-refractivity contribution in [1.29, 1.82) is 5.26 Å². The fraction of sp³-hybridized carbons (Fsp3) is 0.379. The molecule has 0 amide bonds. The van der Waals surface area contributed by atoms with Crippen LogP contribution in [0.3, 0.4) is 0 Å². The molecule has 1 atom stereocenters. The molecular weight excluding hydrogens is 517 g/mol. The summed E-state index contributed by atoms with van der Waals surface area (Å²) in [7, 11) is 0. The maximum absolute atomic E-state index is 14.2. The van der Waals surface area contributed by atoms with E-state index in [9.17, 15) is 14.3 Å². The highest BCUT2D eigenvalue weighted by Gasteiger charge is 2.27. The topological polar surface area (TPSA) is 127 Å². The van der Waals surface area contributed by atoms with Crippen molar-refractivity contribution >= 4 is 17.2 Å². The smallest absolute Gasteiger partial charge is 0.371 e. The highest BCUT2D eigenvalue weighted by Crippen LogP contribution is 2.30. The van der Waals surface area contributed by atoms with Crippen molar-refractivity contribution in [2.45, 2.75) is 51.0 Å². The van der Waals surface area contributed by atoms with Crippen LogP contribution in [0.4, 0.5) is 4.39 Å². The number of hydrogen-bond acceptors (Lipinski definition) is 8. The van der Waals surface area contributed by atoms with Crippen molar-refractivity contribution in [1.82, 2.24) is 19.4 Å². The van der Waals surface area contributed by atoms with E-state index in [-0.39, 0.29) is 30.0 Å². The van der Waals surface area contributed by atoms with E-state index in [1.807, 2.05) is 22.8 Å². The Morgan fingerprint density at radius 3 is 2.70 bits per heavy atom. The molecule has 2 saturated heterocycles. The number of furan rings is 1. The summed E-state index contributed by atoms with van der Waals surface area (Å²) < 4.78 is 33.2. The molecular formula is C29H28FN5O5. The number of piperidine rings is 1. The summed E-state index contributed by atoms with van der Waals surface area (Å²) in [5, 5.41) is 18.2. The van der Waals surface area contributed by atoms with Crippen LogP contribution in [0.15, 0.2) is 46.9 Å². The number of carboxylic acids is 1. The van der Waals surface area contributed by atoms with Crippen LogP contribution in [0.1, 0.15) is 58.4 Å². The van der Waals surface area contributed by atoms with Gasteiger partial charge in [-0.05, 0) is 50.6 Å². The fourth-order valence-electron chi connectivity index (χ4n) is 5.22. The van der Waals surface area contributed by atoms with Gasteiger partial charge in [0, 0.05) is 35.9 Å². The predicted octanol–water partition coefficient (Wildman–Crippen LogP) is 4.48. The number of halogens is 1. The van der Waals surface area contributed by atoms with Gasteiger partial charge in [-0.2, -0.15) is 5.26 Å². The van der Waals surface area contributed by atoms with Gasteiger partial charge in [-0.3, -0.25) is 9.47 Å². The molecule has 11 heteroatoms. The van der Waals surface area contributed by atoms with E-state index in [4.69, 9.17) is 24.1 Å². The maximum Gasteiger partial charge on any atom is 0.371 e. The summed E-state index contributed by atoms with van der Waals surface area (Å²) in [4.78, 5) is 23.1. The number of aromatic nitrogens is 3. The number of rotatable bonds is 9. The Hall–Kier alpha value is -4.27. The Morgan fingerprint density at radius 1 is 1.18 bits per heavy atom. The first-order valence-corrected chi connectivity index (χ1v) is 13.3. The van der Waals surface area contributed by atoms with Crippen LogP contribution < -0.4 is 4.74 Å². The number of fused-ring (bicyclic) bond motifs is 1. The normalized spacial score (nSPS) is 17.9. The number of aromatic carboxylic acids is 1. The van der Waals surface area contributed by atoms with Gasteiger partial charge < -0.3 is 19.0 Å². The molecule has 206 valence electrons. The quantitative estimate of drug-likeness (QED) is 0.324. The second-order valence-electron chi connectivity index (χ2n) is 10.2. The number of nitrogens with zero attached hydrogens (tertiary/aromatic N) is 5. The van der Waals surface area contributed by atoms with E-state index < -0.39 is 11.8 Å². The third-order valence-electron chi connectivity index (χ3n) is 7.56. The summed E-state index contributed by atoms with van der Waals surface area (Å²) in [5.74, 6) is -0.163. The number of benzene rings is 1. The molecule has 10 nitrogen and oxygen atoms in total. The lowest BCUT2D eigenvalue weighted by atomic mass is 9.93. The molecule has 4 aromatic rings. The highest BCUT2D eigenvalue weighted by molar-refractivity contribution is 5.89. The van der Waals surface area contributed by atoms with Crippen LogP contribution >= 0.6 is 0 Å². The zero-order chi connectivity index (χ0) is 27.6. The molecule has 5 heterocycles. The van der Waals surface area contributed by atoms with Crippen molar-refractivity contribution < 1.29 is 28.2 Å². The van der Waals surface area contributed by atoms with E-state index in [1.54, 1.807) is 18.2 Å². The number of hydrogen-bond donors (Lipinski definition) is 1. The molecule has 1 N–H and O–H groups in total. The maximum atomic E-state index is 14.2. The van der Waals surface area contributed by atoms with Crippen LogP contribution in [0.5, 0.6) is 5.88 Å². The van der Waals surface area contributed by atoms with Crippen LogP contribution in [0, 0.1) is 17.1 Å². The number of pyridine rings is 1. The minimum atomic E-state index is -1.11. The molecule has 0 aliphatic carbocycles. The van der Waals surface area contributed by atoms with Gasteiger partial charge in [0.1, 0.15) is 23.8 Å². The molecule has 1 aromatic carbocycles. The molecule has 6 rings (SSSR count). The van der Waals surface area contributed by atoms with E-state index in [0.29, 0.717) is 35.8 Å².